The van der Waals surface area contributed by atoms with E-state index in [0.717, 1.165) is 33.1 Å². The van der Waals surface area contributed by atoms with Gasteiger partial charge in [-0.25, -0.2) is 9.97 Å². The Morgan fingerprint density at radius 3 is 2.08 bits per heavy atom. The van der Waals surface area contributed by atoms with E-state index in [1.807, 2.05) is 12.3 Å². The molecule has 3 heteroatoms. The number of nitrogens with zero attached hydrogens (tertiary/aromatic N) is 3. The molecule has 0 amide bonds. The highest BCUT2D eigenvalue weighted by molar-refractivity contribution is 6.13. The number of benzene rings is 6. The third-order valence-electron chi connectivity index (χ3n) is 7.64. The van der Waals surface area contributed by atoms with Gasteiger partial charge in [-0.2, -0.15) is 0 Å². The van der Waals surface area contributed by atoms with Gasteiger partial charge in [-0.3, -0.25) is 4.57 Å². The Balaban J connectivity index is 1.36. The Bertz CT molecular complexity index is 2160. The highest BCUT2D eigenvalue weighted by atomic mass is 15.2. The predicted molar refractivity (Wildman–Crippen MR) is 162 cm³/mol. The van der Waals surface area contributed by atoms with Crippen molar-refractivity contribution in [2.45, 2.75) is 0 Å². The number of para-hydroxylation sites is 1. The summed E-state index contributed by atoms with van der Waals surface area (Å²) in [6.45, 7) is 0. The summed E-state index contributed by atoms with van der Waals surface area (Å²) in [5.74, 6) is 0.680. The lowest BCUT2D eigenvalue weighted by atomic mass is 10.00. The van der Waals surface area contributed by atoms with Gasteiger partial charge in [0.1, 0.15) is 0 Å². The van der Waals surface area contributed by atoms with Crippen LogP contribution < -0.4 is 0 Å². The van der Waals surface area contributed by atoms with Crippen molar-refractivity contribution in [2.24, 2.45) is 0 Å². The topological polar surface area (TPSA) is 30.7 Å². The predicted octanol–water partition coefficient (Wildman–Crippen LogP) is 9.21. The maximum absolute atomic E-state index is 5.09. The Kier molecular flexibility index (Phi) is 4.82. The summed E-state index contributed by atoms with van der Waals surface area (Å²) in [7, 11) is 0. The summed E-state index contributed by atoms with van der Waals surface area (Å²) >= 11 is 0. The molecule has 0 spiro atoms. The van der Waals surface area contributed by atoms with Gasteiger partial charge in [-0.1, -0.05) is 103 Å². The van der Waals surface area contributed by atoms with E-state index in [-0.39, 0.29) is 0 Å². The third kappa shape index (κ3) is 3.52. The quantitative estimate of drug-likeness (QED) is 0.244. The molecular formula is C36H23N3. The van der Waals surface area contributed by atoms with Crippen molar-refractivity contribution in [3.8, 4) is 28.2 Å². The smallest absolute Gasteiger partial charge is 0.235 e. The molecule has 0 fully saturated rings. The Morgan fingerprint density at radius 1 is 0.462 bits per heavy atom. The summed E-state index contributed by atoms with van der Waals surface area (Å²) in [5.41, 5.74) is 7.89. The summed E-state index contributed by atoms with van der Waals surface area (Å²) in [4.78, 5) is 10.0. The van der Waals surface area contributed by atoms with Gasteiger partial charge in [-0.15, -0.1) is 0 Å². The van der Waals surface area contributed by atoms with E-state index in [9.17, 15) is 0 Å². The maximum Gasteiger partial charge on any atom is 0.235 e. The molecule has 0 N–H and O–H groups in total. The van der Waals surface area contributed by atoms with Gasteiger partial charge in [0.2, 0.25) is 5.95 Å². The van der Waals surface area contributed by atoms with Crippen LogP contribution in [0.4, 0.5) is 0 Å². The Labute approximate surface area is 225 Å². The standard InChI is InChI=1S/C36H23N3/c1-3-10-24(11-4-1)26-18-19-27-22-35-31(21-28(27)20-26)30-14-7-8-17-34(30)39(35)36-37-23-32-29(15-9-16-33(32)38-36)25-12-5-2-6-13-25/h1-23H. The molecule has 0 radical (unpaired) electrons. The van der Waals surface area contributed by atoms with Gasteiger partial charge < -0.3 is 0 Å². The molecule has 0 saturated heterocycles. The van der Waals surface area contributed by atoms with Crippen molar-refractivity contribution in [1.82, 2.24) is 14.5 Å². The SMILES string of the molecule is c1ccc(-c2ccc3cc4c(cc3c2)c2ccccc2n4-c2ncc3c(-c4ccccc4)cccc3n2)cc1. The summed E-state index contributed by atoms with van der Waals surface area (Å²) in [5, 5.41) is 5.86. The first-order chi connectivity index (χ1) is 19.3. The molecule has 0 aliphatic heterocycles. The van der Waals surface area contributed by atoms with Gasteiger partial charge in [0.05, 0.1) is 16.6 Å². The van der Waals surface area contributed by atoms with Crippen LogP contribution in [-0.4, -0.2) is 14.5 Å². The van der Waals surface area contributed by atoms with E-state index in [1.165, 1.54) is 32.7 Å². The van der Waals surface area contributed by atoms with Crippen molar-refractivity contribution in [1.29, 1.82) is 0 Å². The second kappa shape index (κ2) is 8.64. The van der Waals surface area contributed by atoms with Crippen LogP contribution in [0.25, 0.3) is 71.7 Å². The lowest BCUT2D eigenvalue weighted by Crippen LogP contribution is -2.01. The first-order valence-corrected chi connectivity index (χ1v) is 13.2. The molecule has 2 aromatic heterocycles. The van der Waals surface area contributed by atoms with Gasteiger partial charge in [-0.05, 0) is 63.4 Å². The van der Waals surface area contributed by atoms with Crippen molar-refractivity contribution >= 4 is 43.5 Å². The zero-order valence-corrected chi connectivity index (χ0v) is 21.1. The zero-order chi connectivity index (χ0) is 25.8. The minimum absolute atomic E-state index is 0.680. The molecule has 3 nitrogen and oxygen atoms in total. The first kappa shape index (κ1) is 21.8. The Morgan fingerprint density at radius 2 is 1.23 bits per heavy atom. The van der Waals surface area contributed by atoms with E-state index in [2.05, 4.69) is 132 Å². The number of fused-ring (bicyclic) bond motifs is 5. The van der Waals surface area contributed by atoms with E-state index in [1.54, 1.807) is 0 Å². The molecule has 2 heterocycles. The molecule has 182 valence electrons. The molecule has 0 unspecified atom stereocenters. The minimum Gasteiger partial charge on any atom is -0.278 e. The fourth-order valence-corrected chi connectivity index (χ4v) is 5.76. The normalized spacial score (nSPS) is 11.6. The van der Waals surface area contributed by atoms with E-state index in [4.69, 9.17) is 9.97 Å². The molecule has 8 aromatic rings. The molecule has 8 rings (SSSR count). The zero-order valence-electron chi connectivity index (χ0n) is 21.1. The van der Waals surface area contributed by atoms with Crippen LogP contribution in [0.2, 0.25) is 0 Å². The molecule has 0 atom stereocenters. The van der Waals surface area contributed by atoms with Crippen molar-refractivity contribution < 1.29 is 0 Å². The van der Waals surface area contributed by atoms with E-state index < -0.39 is 0 Å². The van der Waals surface area contributed by atoms with Crippen LogP contribution >= 0.6 is 0 Å². The van der Waals surface area contributed by atoms with Crippen LogP contribution in [0.15, 0.2) is 140 Å². The Hall–Kier alpha value is -5.28. The van der Waals surface area contributed by atoms with Crippen molar-refractivity contribution in [3.05, 3.63) is 140 Å². The van der Waals surface area contributed by atoms with E-state index >= 15 is 0 Å². The van der Waals surface area contributed by atoms with Gasteiger partial charge in [0, 0.05) is 22.4 Å². The number of hydrogen-bond acceptors (Lipinski definition) is 2. The number of aromatic nitrogens is 3. The number of hydrogen-bond donors (Lipinski definition) is 0. The molecule has 0 bridgehead atoms. The van der Waals surface area contributed by atoms with Crippen LogP contribution in [0.3, 0.4) is 0 Å². The summed E-state index contributed by atoms with van der Waals surface area (Å²) < 4.78 is 2.20. The second-order valence-electron chi connectivity index (χ2n) is 9.92. The molecule has 6 aromatic carbocycles. The van der Waals surface area contributed by atoms with Crippen molar-refractivity contribution in [2.75, 3.05) is 0 Å². The molecule has 0 aliphatic carbocycles. The molecule has 39 heavy (non-hydrogen) atoms. The van der Waals surface area contributed by atoms with Gasteiger partial charge in [0.15, 0.2) is 0 Å². The number of rotatable bonds is 3. The van der Waals surface area contributed by atoms with E-state index in [0.29, 0.717) is 5.95 Å². The monoisotopic (exact) mass is 497 g/mol. The lowest BCUT2D eigenvalue weighted by molar-refractivity contribution is 1.01. The third-order valence-corrected chi connectivity index (χ3v) is 7.64. The van der Waals surface area contributed by atoms with Crippen LogP contribution in [0.5, 0.6) is 0 Å². The van der Waals surface area contributed by atoms with Crippen LogP contribution in [0.1, 0.15) is 0 Å². The summed E-state index contributed by atoms with van der Waals surface area (Å²) in [6, 6.07) is 47.1. The maximum atomic E-state index is 5.09. The average molecular weight is 498 g/mol. The van der Waals surface area contributed by atoms with Gasteiger partial charge >= 0.3 is 0 Å². The minimum atomic E-state index is 0.680. The highest BCUT2D eigenvalue weighted by Crippen LogP contribution is 2.36. The first-order valence-electron chi connectivity index (χ1n) is 13.2. The lowest BCUT2D eigenvalue weighted by Gasteiger charge is -2.10. The van der Waals surface area contributed by atoms with Crippen molar-refractivity contribution in [3.63, 3.8) is 0 Å². The average Bonchev–Trinajstić information content (AvgIpc) is 3.33. The molecule has 0 saturated carbocycles. The van der Waals surface area contributed by atoms with Gasteiger partial charge in [0.25, 0.3) is 0 Å². The fourth-order valence-electron chi connectivity index (χ4n) is 5.76. The van der Waals surface area contributed by atoms with Crippen LogP contribution in [0, 0.1) is 0 Å². The molecule has 0 aliphatic rings. The fraction of sp³-hybridized carbons (Fsp3) is 0. The highest BCUT2D eigenvalue weighted by Gasteiger charge is 2.16. The largest absolute Gasteiger partial charge is 0.278 e. The molecular weight excluding hydrogens is 474 g/mol. The second-order valence-corrected chi connectivity index (χ2v) is 9.92. The van der Waals surface area contributed by atoms with Crippen LogP contribution in [-0.2, 0) is 0 Å². The summed E-state index contributed by atoms with van der Waals surface area (Å²) in [6.07, 6.45) is 1.97.